The molecule has 0 radical (unpaired) electrons. The Morgan fingerprint density at radius 3 is 2.65 bits per heavy atom. The number of hydrogen-bond acceptors (Lipinski definition) is 10. The second-order valence-corrected chi connectivity index (χ2v) is 13.1. The Bertz CT molecular complexity index is 1770. The number of likely N-dealkylation sites (tertiary alicyclic amines) is 1. The zero-order chi connectivity index (χ0) is 36.1. The third-order valence-corrected chi connectivity index (χ3v) is 10.0. The lowest BCUT2D eigenvalue weighted by atomic mass is 9.70. The van der Waals surface area contributed by atoms with Gasteiger partial charge in [-0.3, -0.25) is 19.2 Å². The Morgan fingerprint density at radius 1 is 1.16 bits per heavy atom. The monoisotopic (exact) mass is 700 g/mol. The average molecular weight is 701 g/mol. The molecule has 0 aliphatic carbocycles. The second kappa shape index (κ2) is 15.5. The first-order valence-electron chi connectivity index (χ1n) is 17.2. The number of aliphatic hydroxyl groups excluding tert-OH is 1. The van der Waals surface area contributed by atoms with Gasteiger partial charge in [-0.1, -0.05) is 59.8 Å². The number of para-hydroxylation sites is 1. The number of ether oxygens (including phenoxy) is 3. The fourth-order valence-corrected chi connectivity index (χ4v) is 7.90. The summed E-state index contributed by atoms with van der Waals surface area (Å²) in [6, 6.07) is 14.5. The zero-order valence-electron chi connectivity index (χ0n) is 28.6. The third-order valence-electron chi connectivity index (χ3n) is 10.0. The highest BCUT2D eigenvalue weighted by Gasteiger charge is 2.75. The van der Waals surface area contributed by atoms with Crippen LogP contribution in [0.1, 0.15) is 37.4 Å². The number of nitrogens with one attached hydrogen (secondary N) is 1. The van der Waals surface area contributed by atoms with Gasteiger partial charge in [-0.2, -0.15) is 0 Å². The molecule has 3 aromatic rings. The van der Waals surface area contributed by atoms with Crippen LogP contribution in [0.15, 0.2) is 79.9 Å². The number of hydrogen-bond donors (Lipinski definition) is 2. The van der Waals surface area contributed by atoms with Gasteiger partial charge in [0, 0.05) is 26.6 Å². The molecule has 2 N–H and O–H groups in total. The number of carbonyl (C=O) groups is 4. The quantitative estimate of drug-likeness (QED) is 0.158. The van der Waals surface area contributed by atoms with Crippen molar-refractivity contribution in [2.45, 2.75) is 62.2 Å². The summed E-state index contributed by atoms with van der Waals surface area (Å²) in [7, 11) is 1.49. The number of rotatable bonds is 17. The van der Waals surface area contributed by atoms with Crippen molar-refractivity contribution in [3.8, 4) is 0 Å². The van der Waals surface area contributed by atoms with Crippen molar-refractivity contribution in [1.29, 1.82) is 0 Å². The molecule has 6 rings (SSSR count). The first kappa shape index (κ1) is 35.9. The van der Waals surface area contributed by atoms with Crippen LogP contribution in [0, 0.1) is 11.8 Å². The molecule has 1 spiro atoms. The number of aromatic nitrogens is 3. The molecule has 3 aliphatic heterocycles. The summed E-state index contributed by atoms with van der Waals surface area (Å²) < 4.78 is 19.9. The van der Waals surface area contributed by atoms with E-state index in [1.807, 2.05) is 30.3 Å². The molecule has 7 atom stereocenters. The number of amides is 3. The molecule has 14 heteroatoms. The van der Waals surface area contributed by atoms with Crippen molar-refractivity contribution < 1.29 is 38.5 Å². The highest BCUT2D eigenvalue weighted by molar-refractivity contribution is 5.98. The van der Waals surface area contributed by atoms with Crippen molar-refractivity contribution in [3.05, 3.63) is 85.5 Å². The second-order valence-electron chi connectivity index (χ2n) is 13.1. The number of methoxy groups -OCH3 is 1. The van der Waals surface area contributed by atoms with Gasteiger partial charge in [-0.15, -0.1) is 18.3 Å². The summed E-state index contributed by atoms with van der Waals surface area (Å²) in [6.07, 6.45) is 3.05. The van der Waals surface area contributed by atoms with Crippen molar-refractivity contribution in [2.75, 3.05) is 33.4 Å². The number of β-amino-alcohol motifs (C(OH)–C–C–N with tert-alkyl or cyclic N) is 1. The van der Waals surface area contributed by atoms with Crippen LogP contribution in [0.5, 0.6) is 0 Å². The van der Waals surface area contributed by atoms with Gasteiger partial charge >= 0.3 is 5.97 Å². The number of benzene rings is 2. The molecule has 3 saturated heterocycles. The molecule has 4 heterocycles. The van der Waals surface area contributed by atoms with Crippen LogP contribution in [0.4, 0.5) is 0 Å². The van der Waals surface area contributed by atoms with Gasteiger partial charge < -0.3 is 34.4 Å². The lowest BCUT2D eigenvalue weighted by molar-refractivity contribution is -0.163. The maximum Gasteiger partial charge on any atom is 0.313 e. The minimum Gasteiger partial charge on any atom is -0.455 e. The van der Waals surface area contributed by atoms with Crippen LogP contribution in [0.2, 0.25) is 0 Å². The lowest BCUT2D eigenvalue weighted by Crippen LogP contribution is -2.56. The Morgan fingerprint density at radius 2 is 1.92 bits per heavy atom. The molecule has 270 valence electrons. The molecule has 51 heavy (non-hydrogen) atoms. The molecule has 1 aromatic heterocycles. The lowest BCUT2D eigenvalue weighted by Gasteiger charge is -2.36. The van der Waals surface area contributed by atoms with E-state index in [0.717, 1.165) is 5.52 Å². The molecular formula is C37H44N6O8. The van der Waals surface area contributed by atoms with E-state index in [2.05, 4.69) is 28.8 Å². The fraction of sp³-hybridized carbons (Fsp3) is 0.459. The first-order valence-corrected chi connectivity index (χ1v) is 17.2. The van der Waals surface area contributed by atoms with E-state index in [1.165, 1.54) is 16.9 Å². The van der Waals surface area contributed by atoms with Crippen LogP contribution >= 0.6 is 0 Å². The Labute approximate surface area is 296 Å². The predicted molar refractivity (Wildman–Crippen MR) is 184 cm³/mol. The highest BCUT2D eigenvalue weighted by atomic mass is 16.6. The van der Waals surface area contributed by atoms with Gasteiger partial charge in [0.1, 0.15) is 29.9 Å². The molecule has 0 unspecified atom stereocenters. The van der Waals surface area contributed by atoms with E-state index < -0.39 is 66.1 Å². The maximum atomic E-state index is 14.6. The Kier molecular flexibility index (Phi) is 10.9. The Hall–Kier alpha value is -4.92. The molecule has 14 nitrogen and oxygen atoms in total. The highest BCUT2D eigenvalue weighted by Crippen LogP contribution is 2.59. The van der Waals surface area contributed by atoms with Gasteiger partial charge in [0.15, 0.2) is 0 Å². The van der Waals surface area contributed by atoms with E-state index in [0.29, 0.717) is 30.3 Å². The van der Waals surface area contributed by atoms with E-state index in [9.17, 15) is 24.3 Å². The van der Waals surface area contributed by atoms with Gasteiger partial charge in [0.05, 0.1) is 42.7 Å². The molecule has 3 amide bonds. The fourth-order valence-electron chi connectivity index (χ4n) is 7.90. The predicted octanol–water partition coefficient (Wildman–Crippen LogP) is 2.15. The van der Waals surface area contributed by atoms with Gasteiger partial charge in [0.2, 0.25) is 17.7 Å². The number of aliphatic hydroxyl groups is 1. The van der Waals surface area contributed by atoms with Crippen LogP contribution in [0.3, 0.4) is 0 Å². The number of allylic oxidation sites excluding steroid dienone is 1. The number of carbonyl (C=O) groups excluding carboxylic acids is 4. The van der Waals surface area contributed by atoms with Gasteiger partial charge in [-0.25, -0.2) is 4.68 Å². The van der Waals surface area contributed by atoms with E-state index in [1.54, 1.807) is 41.1 Å². The van der Waals surface area contributed by atoms with Gasteiger partial charge in [-0.05, 0) is 37.0 Å². The van der Waals surface area contributed by atoms with Crippen molar-refractivity contribution in [1.82, 2.24) is 30.1 Å². The average Bonchev–Trinajstić information content (AvgIpc) is 3.89. The van der Waals surface area contributed by atoms with E-state index in [-0.39, 0.29) is 38.7 Å². The van der Waals surface area contributed by atoms with E-state index in [4.69, 9.17) is 14.2 Å². The third kappa shape index (κ3) is 6.78. The summed E-state index contributed by atoms with van der Waals surface area (Å²) in [4.78, 5) is 59.0. The number of fused-ring (bicyclic) bond motifs is 2. The Balaban J connectivity index is 1.30. The van der Waals surface area contributed by atoms with Crippen LogP contribution < -0.4 is 5.32 Å². The van der Waals surface area contributed by atoms with Gasteiger partial charge in [0.25, 0.3) is 0 Å². The summed E-state index contributed by atoms with van der Waals surface area (Å²) in [5.74, 6) is -3.86. The van der Waals surface area contributed by atoms with Crippen LogP contribution in [-0.2, 0) is 40.1 Å². The molecule has 3 fully saturated rings. The van der Waals surface area contributed by atoms with Crippen LogP contribution in [-0.4, -0.2) is 111 Å². The zero-order valence-corrected chi connectivity index (χ0v) is 28.6. The first-order chi connectivity index (χ1) is 24.8. The standard InChI is InChI=1S/C37H44N6O8/c1-4-6-16-29(45)38-26(22-49-3)32(24-12-8-7-9-13-24)50-36(48)30-28-17-18-37(51-28)31(30)34(46)42(20-21-44)33(37)35(47)41(19-5-2)23-43-27-15-11-10-14-25(27)39-40-43/h4-5,7-15,26,28,30-33,44H,1-2,6,16-23H2,3H3,(H,38,45)/t26-,28+,30-,31-,32-,33+,37-/m0/s1. The summed E-state index contributed by atoms with van der Waals surface area (Å²) >= 11 is 0. The minimum atomic E-state index is -1.32. The summed E-state index contributed by atoms with van der Waals surface area (Å²) in [5.41, 5.74) is 0.693. The van der Waals surface area contributed by atoms with E-state index >= 15 is 0 Å². The molecule has 3 aliphatic rings. The van der Waals surface area contributed by atoms with Crippen molar-refractivity contribution >= 4 is 34.7 Å². The molecule has 2 bridgehead atoms. The largest absolute Gasteiger partial charge is 0.455 e. The maximum absolute atomic E-state index is 14.6. The van der Waals surface area contributed by atoms with Crippen molar-refractivity contribution in [3.63, 3.8) is 0 Å². The molecular weight excluding hydrogens is 656 g/mol. The number of esters is 1. The van der Waals surface area contributed by atoms with Crippen molar-refractivity contribution in [2.24, 2.45) is 11.8 Å². The topological polar surface area (TPSA) is 165 Å². The molecule has 0 saturated carbocycles. The normalized spacial score (nSPS) is 24.6. The smallest absolute Gasteiger partial charge is 0.313 e. The van der Waals surface area contributed by atoms with Crippen LogP contribution in [0.25, 0.3) is 11.0 Å². The molecule has 2 aromatic carbocycles. The SMILES string of the molecule is C=CCCC(=O)N[C@@H](COC)[C@@H](OC(=O)[C@@H]1[C@H]2C(=O)N(CCO)[C@H](C(=O)N(CC=C)Cn3nnc4ccccc43)[C@]23CC[C@H]1O3)c1ccccc1. The number of nitrogens with zero attached hydrogens (tertiary/aromatic N) is 5. The summed E-state index contributed by atoms with van der Waals surface area (Å²) in [6.45, 7) is 7.20. The summed E-state index contributed by atoms with van der Waals surface area (Å²) in [5, 5.41) is 21.4. The minimum absolute atomic E-state index is 0.0246.